The maximum Gasteiger partial charge on any atom is 0.0541 e. The highest BCUT2D eigenvalue weighted by molar-refractivity contribution is 6.39. The van der Waals surface area contributed by atoms with Crippen LogP contribution in [-0.4, -0.2) is 4.57 Å². The van der Waals surface area contributed by atoms with Gasteiger partial charge in [-0.2, -0.15) is 0 Å². The number of rotatable bonds is 4. The van der Waals surface area contributed by atoms with Crippen LogP contribution in [0.15, 0.2) is 224 Å². The van der Waals surface area contributed by atoms with Crippen LogP contribution in [0.25, 0.3) is 126 Å². The topological polar surface area (TPSA) is 4.93 Å². The van der Waals surface area contributed by atoms with Crippen LogP contribution in [0.4, 0.5) is 0 Å². The Morgan fingerprint density at radius 1 is 0.213 bits per heavy atom. The van der Waals surface area contributed by atoms with Crippen LogP contribution in [0.5, 0.6) is 0 Å². The average Bonchev–Trinajstić information content (AvgIpc) is 3.67. The zero-order valence-electron chi connectivity index (χ0n) is 33.3. The van der Waals surface area contributed by atoms with Crippen molar-refractivity contribution < 1.29 is 0 Å². The quantitative estimate of drug-likeness (QED) is 0.157. The van der Waals surface area contributed by atoms with E-state index in [0.29, 0.717) is 0 Å². The molecule has 1 nitrogen and oxygen atoms in total. The summed E-state index contributed by atoms with van der Waals surface area (Å²) >= 11 is 0. The molecule has 0 saturated carbocycles. The third kappa shape index (κ3) is 5.08. The number of aromatic nitrogens is 1. The molecule has 282 valence electrons. The Kier molecular flexibility index (Phi) is 7.37. The Bertz CT molecular complexity index is 3910. The van der Waals surface area contributed by atoms with E-state index in [1.165, 1.54) is 126 Å². The van der Waals surface area contributed by atoms with Gasteiger partial charge >= 0.3 is 0 Å². The van der Waals surface area contributed by atoms with Gasteiger partial charge in [0.1, 0.15) is 0 Å². The summed E-state index contributed by atoms with van der Waals surface area (Å²) in [6, 6.07) is 83.0. The molecule has 0 unspecified atom stereocenters. The summed E-state index contributed by atoms with van der Waals surface area (Å²) in [6.07, 6.45) is 0. The van der Waals surface area contributed by atoms with Crippen molar-refractivity contribution in [2.24, 2.45) is 0 Å². The lowest BCUT2D eigenvalue weighted by Gasteiger charge is -2.18. The van der Waals surface area contributed by atoms with Crippen LogP contribution >= 0.6 is 0 Å². The van der Waals surface area contributed by atoms with Gasteiger partial charge in [-0.15, -0.1) is 0 Å². The van der Waals surface area contributed by atoms with Gasteiger partial charge in [-0.3, -0.25) is 0 Å². The minimum atomic E-state index is 1.17. The molecule has 0 spiro atoms. The third-order valence-corrected chi connectivity index (χ3v) is 13.1. The molecular weight excluding hydrogens is 735 g/mol. The summed E-state index contributed by atoms with van der Waals surface area (Å²) < 4.78 is 2.38. The van der Waals surface area contributed by atoms with Crippen LogP contribution in [0.3, 0.4) is 0 Å². The Morgan fingerprint density at radius 3 is 1.26 bits per heavy atom. The monoisotopic (exact) mass is 771 g/mol. The molecule has 0 aliphatic rings. The number of para-hydroxylation sites is 2. The second kappa shape index (κ2) is 13.3. The van der Waals surface area contributed by atoms with E-state index >= 15 is 0 Å². The molecule has 61 heavy (non-hydrogen) atoms. The first-order valence-electron chi connectivity index (χ1n) is 21.2. The van der Waals surface area contributed by atoms with Crippen molar-refractivity contribution in [1.29, 1.82) is 0 Å². The molecule has 0 aliphatic carbocycles. The Morgan fingerprint density at radius 2 is 0.639 bits per heavy atom. The Labute approximate surface area is 353 Å². The molecule has 13 rings (SSSR count). The van der Waals surface area contributed by atoms with Gasteiger partial charge in [0.05, 0.1) is 11.0 Å². The average molecular weight is 772 g/mol. The van der Waals surface area contributed by atoms with E-state index in [-0.39, 0.29) is 0 Å². The summed E-state index contributed by atoms with van der Waals surface area (Å²) in [5.41, 5.74) is 11.0. The standard InChI is InChI=1S/C60H37N/c1-3-15-38(16-4-1)39-29-32-52-54(35-39)47-19-7-9-22-50(47)60-53-33-30-40(36-55(53)48-20-8-10-23-51(48)59(52)60)43-24-13-27-46-44(25-14-26-45(43)46)41-31-34-58-56(37-41)49-21-11-12-28-57(49)61(58)42-17-5-2-6-18-42/h1-37H. The minimum absolute atomic E-state index is 1.17. The third-order valence-electron chi connectivity index (χ3n) is 13.1. The smallest absolute Gasteiger partial charge is 0.0541 e. The molecule has 1 heteroatoms. The second-order valence-corrected chi connectivity index (χ2v) is 16.4. The molecule has 0 fully saturated rings. The second-order valence-electron chi connectivity index (χ2n) is 16.4. The normalized spacial score (nSPS) is 11.9. The zero-order chi connectivity index (χ0) is 40.0. The van der Waals surface area contributed by atoms with Crippen LogP contribution in [0.1, 0.15) is 0 Å². The summed E-state index contributed by atoms with van der Waals surface area (Å²) in [6.45, 7) is 0. The lowest BCUT2D eigenvalue weighted by molar-refractivity contribution is 1.18. The summed E-state index contributed by atoms with van der Waals surface area (Å²) in [5, 5.41) is 17.9. The predicted octanol–water partition coefficient (Wildman–Crippen LogP) is 16.7. The van der Waals surface area contributed by atoms with Crippen molar-refractivity contribution in [3.05, 3.63) is 224 Å². The first-order valence-corrected chi connectivity index (χ1v) is 21.2. The highest BCUT2D eigenvalue weighted by Crippen LogP contribution is 2.46. The summed E-state index contributed by atoms with van der Waals surface area (Å²) in [7, 11) is 0. The fourth-order valence-corrected chi connectivity index (χ4v) is 10.5. The summed E-state index contributed by atoms with van der Waals surface area (Å²) in [5.74, 6) is 0. The van der Waals surface area contributed by atoms with E-state index in [4.69, 9.17) is 0 Å². The molecule has 0 aliphatic heterocycles. The SMILES string of the molecule is c1ccc(-c2ccc3c(c2)c2ccccc2c2c4ccc(-c5cccc6c(-c7ccc8c(c7)c7ccccc7n8-c7ccccc7)cccc56)cc4c4ccccc4c32)cc1. The zero-order valence-corrected chi connectivity index (χ0v) is 33.3. The molecule has 0 atom stereocenters. The van der Waals surface area contributed by atoms with E-state index in [9.17, 15) is 0 Å². The number of hydrogen-bond acceptors (Lipinski definition) is 0. The van der Waals surface area contributed by atoms with Crippen molar-refractivity contribution in [2.45, 2.75) is 0 Å². The molecule has 12 aromatic carbocycles. The van der Waals surface area contributed by atoms with E-state index in [0.717, 1.165) is 0 Å². The first-order chi connectivity index (χ1) is 30.3. The lowest BCUT2D eigenvalue weighted by Crippen LogP contribution is -1.92. The van der Waals surface area contributed by atoms with E-state index in [1.807, 2.05) is 0 Å². The Hall–Kier alpha value is -8.00. The van der Waals surface area contributed by atoms with Gasteiger partial charge in [0.25, 0.3) is 0 Å². The summed E-state index contributed by atoms with van der Waals surface area (Å²) in [4.78, 5) is 0. The van der Waals surface area contributed by atoms with Crippen molar-refractivity contribution in [1.82, 2.24) is 4.57 Å². The molecular formula is C60H37N. The van der Waals surface area contributed by atoms with Crippen LogP contribution < -0.4 is 0 Å². The molecule has 0 bridgehead atoms. The van der Waals surface area contributed by atoms with Gasteiger partial charge in [-0.25, -0.2) is 0 Å². The van der Waals surface area contributed by atoms with Crippen molar-refractivity contribution in [2.75, 3.05) is 0 Å². The van der Waals surface area contributed by atoms with Gasteiger partial charge in [-0.1, -0.05) is 182 Å². The van der Waals surface area contributed by atoms with Gasteiger partial charge in [0, 0.05) is 16.5 Å². The highest BCUT2D eigenvalue weighted by atomic mass is 15.0. The van der Waals surface area contributed by atoms with E-state index < -0.39 is 0 Å². The largest absolute Gasteiger partial charge is 0.309 e. The Balaban J connectivity index is 1.02. The molecule has 0 amide bonds. The number of benzene rings is 12. The number of nitrogens with zero attached hydrogens (tertiary/aromatic N) is 1. The van der Waals surface area contributed by atoms with E-state index in [1.54, 1.807) is 0 Å². The molecule has 13 aromatic rings. The lowest BCUT2D eigenvalue weighted by atomic mass is 9.85. The van der Waals surface area contributed by atoms with Gasteiger partial charge in [-0.05, 0) is 140 Å². The van der Waals surface area contributed by atoms with Crippen molar-refractivity contribution in [3.63, 3.8) is 0 Å². The number of fused-ring (bicyclic) bond motifs is 15. The van der Waals surface area contributed by atoms with Crippen LogP contribution in [0, 0.1) is 0 Å². The highest BCUT2D eigenvalue weighted by Gasteiger charge is 2.19. The van der Waals surface area contributed by atoms with Crippen molar-refractivity contribution >= 4 is 86.4 Å². The molecule has 1 aromatic heterocycles. The van der Waals surface area contributed by atoms with Gasteiger partial charge < -0.3 is 4.57 Å². The van der Waals surface area contributed by atoms with Crippen LogP contribution in [-0.2, 0) is 0 Å². The fraction of sp³-hybridized carbons (Fsp3) is 0. The molecule has 1 heterocycles. The van der Waals surface area contributed by atoms with Gasteiger partial charge in [0.15, 0.2) is 0 Å². The maximum atomic E-state index is 2.44. The van der Waals surface area contributed by atoms with E-state index in [2.05, 4.69) is 229 Å². The predicted molar refractivity (Wildman–Crippen MR) is 262 cm³/mol. The molecule has 0 radical (unpaired) electrons. The molecule has 0 saturated heterocycles. The fourth-order valence-electron chi connectivity index (χ4n) is 10.5. The minimum Gasteiger partial charge on any atom is -0.309 e. The molecule has 0 N–H and O–H groups in total. The maximum absolute atomic E-state index is 2.44. The first kappa shape index (κ1) is 33.9. The van der Waals surface area contributed by atoms with Crippen molar-refractivity contribution in [3.8, 4) is 39.1 Å². The van der Waals surface area contributed by atoms with Gasteiger partial charge in [0.2, 0.25) is 0 Å². The number of hydrogen-bond donors (Lipinski definition) is 0. The van der Waals surface area contributed by atoms with Crippen LogP contribution in [0.2, 0.25) is 0 Å².